The maximum atomic E-state index is 12.3. The van der Waals surface area contributed by atoms with Gasteiger partial charge in [0, 0.05) is 17.6 Å². The Balaban J connectivity index is 2.34. The number of carbonyl (C=O) groups excluding carboxylic acids is 2. The molecule has 21 heavy (non-hydrogen) atoms. The molecule has 2 aromatic heterocycles. The van der Waals surface area contributed by atoms with E-state index < -0.39 is 5.97 Å². The van der Waals surface area contributed by atoms with E-state index in [1.807, 2.05) is 20.8 Å². The summed E-state index contributed by atoms with van der Waals surface area (Å²) < 4.78 is 6.38. The zero-order chi connectivity index (χ0) is 15.6. The van der Waals surface area contributed by atoms with Crippen molar-refractivity contribution >= 4 is 28.2 Å². The van der Waals surface area contributed by atoms with Gasteiger partial charge in [-0.25, -0.2) is 4.79 Å². The quantitative estimate of drug-likeness (QED) is 0.881. The van der Waals surface area contributed by atoms with Crippen LogP contribution in [0.25, 0.3) is 0 Å². The standard InChI is InChI=1S/C14H17N3O3S/c1-5-17-10(6-7-15-17)12(18)16-13-11(14(19)20-4)8(2)9(3)21-13/h6-7H,5H2,1-4H3,(H,16,18). The third-order valence-corrected chi connectivity index (χ3v) is 4.37. The SMILES string of the molecule is CCn1nccc1C(=O)Nc1sc(C)c(C)c1C(=O)OC. The topological polar surface area (TPSA) is 73.2 Å². The van der Waals surface area contributed by atoms with Crippen LogP contribution in [0.15, 0.2) is 12.3 Å². The van der Waals surface area contributed by atoms with E-state index in [2.05, 4.69) is 10.4 Å². The molecule has 0 aromatic carbocycles. The minimum Gasteiger partial charge on any atom is -0.465 e. The largest absolute Gasteiger partial charge is 0.465 e. The molecule has 1 amide bonds. The van der Waals surface area contributed by atoms with Crippen LogP contribution in [-0.2, 0) is 11.3 Å². The maximum Gasteiger partial charge on any atom is 0.341 e. The second-order valence-corrected chi connectivity index (χ2v) is 5.69. The number of aromatic nitrogens is 2. The number of methoxy groups -OCH3 is 1. The number of rotatable bonds is 4. The highest BCUT2D eigenvalue weighted by Crippen LogP contribution is 2.33. The van der Waals surface area contributed by atoms with Gasteiger partial charge in [0.05, 0.1) is 12.7 Å². The Labute approximate surface area is 126 Å². The number of nitrogens with zero attached hydrogens (tertiary/aromatic N) is 2. The molecule has 1 N–H and O–H groups in total. The molecule has 2 heterocycles. The summed E-state index contributed by atoms with van der Waals surface area (Å²) in [5.74, 6) is -0.739. The monoisotopic (exact) mass is 307 g/mol. The lowest BCUT2D eigenvalue weighted by molar-refractivity contribution is 0.0601. The summed E-state index contributed by atoms with van der Waals surface area (Å²) in [6.07, 6.45) is 1.57. The Bertz CT molecular complexity index is 688. The van der Waals surface area contributed by atoms with Crippen LogP contribution in [0.2, 0.25) is 0 Å². The Morgan fingerprint density at radius 2 is 2.14 bits per heavy atom. The number of anilines is 1. The van der Waals surface area contributed by atoms with Gasteiger partial charge in [-0.15, -0.1) is 11.3 Å². The lowest BCUT2D eigenvalue weighted by atomic mass is 10.1. The van der Waals surface area contributed by atoms with Crippen molar-refractivity contribution in [3.63, 3.8) is 0 Å². The van der Waals surface area contributed by atoms with E-state index in [-0.39, 0.29) is 5.91 Å². The fraction of sp³-hybridized carbons (Fsp3) is 0.357. The third kappa shape index (κ3) is 2.82. The minimum atomic E-state index is -0.448. The molecule has 0 aliphatic rings. The average molecular weight is 307 g/mol. The van der Waals surface area contributed by atoms with Crippen molar-refractivity contribution in [1.82, 2.24) is 9.78 Å². The number of thiophene rings is 1. The van der Waals surface area contributed by atoms with Crippen molar-refractivity contribution in [2.45, 2.75) is 27.3 Å². The van der Waals surface area contributed by atoms with E-state index in [1.165, 1.54) is 18.4 Å². The number of nitrogens with one attached hydrogen (secondary N) is 1. The van der Waals surface area contributed by atoms with Gasteiger partial charge in [0.25, 0.3) is 5.91 Å². The first-order valence-electron chi connectivity index (χ1n) is 6.51. The Morgan fingerprint density at radius 3 is 2.76 bits per heavy atom. The summed E-state index contributed by atoms with van der Waals surface area (Å²) in [6.45, 7) is 6.24. The predicted octanol–water partition coefficient (Wildman–Crippen LogP) is 2.62. The van der Waals surface area contributed by atoms with Gasteiger partial charge in [-0.3, -0.25) is 9.48 Å². The van der Waals surface area contributed by atoms with Gasteiger partial charge in [0.15, 0.2) is 0 Å². The van der Waals surface area contributed by atoms with Gasteiger partial charge in [-0.2, -0.15) is 5.10 Å². The van der Waals surface area contributed by atoms with Crippen molar-refractivity contribution in [2.24, 2.45) is 0 Å². The molecule has 7 heteroatoms. The van der Waals surface area contributed by atoms with Crippen molar-refractivity contribution < 1.29 is 14.3 Å². The van der Waals surface area contributed by atoms with Gasteiger partial charge in [-0.05, 0) is 32.4 Å². The van der Waals surface area contributed by atoms with Crippen LogP contribution in [0, 0.1) is 13.8 Å². The molecule has 0 spiro atoms. The molecule has 2 rings (SSSR count). The molecule has 0 radical (unpaired) electrons. The molecule has 0 aliphatic carbocycles. The summed E-state index contributed by atoms with van der Waals surface area (Å²) in [5, 5.41) is 7.35. The second kappa shape index (κ2) is 6.09. The summed E-state index contributed by atoms with van der Waals surface area (Å²) in [4.78, 5) is 25.2. The number of hydrogen-bond donors (Lipinski definition) is 1. The highest BCUT2D eigenvalue weighted by atomic mass is 32.1. The molecule has 0 saturated carbocycles. The number of carbonyl (C=O) groups is 2. The molecular formula is C14H17N3O3S. The van der Waals surface area contributed by atoms with Gasteiger partial charge < -0.3 is 10.1 Å². The molecule has 0 unspecified atom stereocenters. The van der Waals surface area contributed by atoms with Crippen LogP contribution >= 0.6 is 11.3 Å². The van der Waals surface area contributed by atoms with E-state index in [4.69, 9.17) is 4.74 Å². The average Bonchev–Trinajstić information content (AvgIpc) is 3.04. The zero-order valence-corrected chi connectivity index (χ0v) is 13.2. The van der Waals surface area contributed by atoms with Crippen molar-refractivity contribution in [2.75, 3.05) is 12.4 Å². The fourth-order valence-corrected chi connectivity index (χ4v) is 3.05. The van der Waals surface area contributed by atoms with Crippen molar-refractivity contribution in [1.29, 1.82) is 0 Å². The maximum absolute atomic E-state index is 12.3. The molecule has 112 valence electrons. The van der Waals surface area contributed by atoms with Gasteiger partial charge in [-0.1, -0.05) is 0 Å². The first kappa shape index (κ1) is 15.2. The first-order valence-corrected chi connectivity index (χ1v) is 7.32. The van der Waals surface area contributed by atoms with E-state index in [0.29, 0.717) is 22.8 Å². The molecule has 0 fully saturated rings. The molecule has 2 aromatic rings. The van der Waals surface area contributed by atoms with E-state index >= 15 is 0 Å². The number of ether oxygens (including phenoxy) is 1. The van der Waals surface area contributed by atoms with Gasteiger partial charge >= 0.3 is 5.97 Å². The number of amides is 1. The molecular weight excluding hydrogens is 290 g/mol. The minimum absolute atomic E-state index is 0.291. The normalized spacial score (nSPS) is 10.5. The van der Waals surface area contributed by atoms with Crippen molar-refractivity contribution in [3.05, 3.63) is 34.0 Å². The van der Waals surface area contributed by atoms with Gasteiger partial charge in [0.2, 0.25) is 0 Å². The van der Waals surface area contributed by atoms with Crippen LogP contribution in [0.4, 0.5) is 5.00 Å². The number of esters is 1. The first-order chi connectivity index (χ1) is 9.99. The molecule has 0 aliphatic heterocycles. The van der Waals surface area contributed by atoms with Crippen LogP contribution in [0.5, 0.6) is 0 Å². The van der Waals surface area contributed by atoms with Crippen LogP contribution in [-0.4, -0.2) is 28.8 Å². The summed E-state index contributed by atoms with van der Waals surface area (Å²) >= 11 is 1.36. The predicted molar refractivity (Wildman–Crippen MR) is 81.0 cm³/mol. The molecule has 6 nitrogen and oxygen atoms in total. The highest BCUT2D eigenvalue weighted by Gasteiger charge is 2.22. The fourth-order valence-electron chi connectivity index (χ4n) is 2.01. The summed E-state index contributed by atoms with van der Waals surface area (Å²) in [5.41, 5.74) is 1.69. The van der Waals surface area contributed by atoms with Crippen LogP contribution in [0.1, 0.15) is 38.2 Å². The Kier molecular flexibility index (Phi) is 4.42. The van der Waals surface area contributed by atoms with E-state index in [9.17, 15) is 9.59 Å². The number of hydrogen-bond acceptors (Lipinski definition) is 5. The summed E-state index contributed by atoms with van der Waals surface area (Å²) in [7, 11) is 1.33. The van der Waals surface area contributed by atoms with Gasteiger partial charge in [0.1, 0.15) is 10.7 Å². The van der Waals surface area contributed by atoms with E-state index in [1.54, 1.807) is 16.9 Å². The zero-order valence-electron chi connectivity index (χ0n) is 12.4. The second-order valence-electron chi connectivity index (χ2n) is 4.47. The smallest absolute Gasteiger partial charge is 0.341 e. The van der Waals surface area contributed by atoms with Crippen LogP contribution < -0.4 is 5.32 Å². The lowest BCUT2D eigenvalue weighted by Crippen LogP contribution is -2.18. The Morgan fingerprint density at radius 1 is 1.43 bits per heavy atom. The Hall–Kier alpha value is -2.15. The number of aryl methyl sites for hydroxylation is 2. The molecule has 0 bridgehead atoms. The third-order valence-electron chi connectivity index (χ3n) is 3.25. The highest BCUT2D eigenvalue weighted by molar-refractivity contribution is 7.16. The lowest BCUT2D eigenvalue weighted by Gasteiger charge is -2.07. The van der Waals surface area contributed by atoms with Crippen molar-refractivity contribution in [3.8, 4) is 0 Å². The van der Waals surface area contributed by atoms with Crippen LogP contribution in [0.3, 0.4) is 0 Å². The molecule has 0 saturated heterocycles. The van der Waals surface area contributed by atoms with E-state index in [0.717, 1.165) is 10.4 Å². The summed E-state index contributed by atoms with van der Waals surface area (Å²) in [6, 6.07) is 1.64. The molecule has 0 atom stereocenters.